The number of likely N-dealkylation sites (tertiary alicyclic amines) is 1. The Morgan fingerprint density at radius 2 is 1.74 bits per heavy atom. The molecule has 224 valence electrons. The standard InChI is InChI=1S/C35H46FN5O/c1-25(2)20-32(27-10-15-33(28(21-27)22-37)39-30-13-11-29(36)12-14-30)35(3,4)24-38-34(42)40-31-16-18-41(19-17-31)23-26-8-6-5-7-9-26/h5-15,21-22,25,31-32,37,39H,16-20,23-24H2,1-4H3,(H2,38,40,42). The van der Waals surface area contributed by atoms with Crippen molar-refractivity contribution in [2.45, 2.75) is 65.5 Å². The second-order valence-electron chi connectivity index (χ2n) is 12.7. The Morgan fingerprint density at radius 3 is 2.38 bits per heavy atom. The van der Waals surface area contributed by atoms with E-state index in [1.807, 2.05) is 12.1 Å². The van der Waals surface area contributed by atoms with E-state index in [1.54, 1.807) is 12.1 Å². The lowest BCUT2D eigenvalue weighted by Gasteiger charge is -2.37. The highest BCUT2D eigenvalue weighted by molar-refractivity contribution is 5.87. The number of hydrogen-bond donors (Lipinski definition) is 4. The van der Waals surface area contributed by atoms with Crippen molar-refractivity contribution in [3.63, 3.8) is 0 Å². The van der Waals surface area contributed by atoms with Crippen molar-refractivity contribution in [3.8, 4) is 0 Å². The van der Waals surface area contributed by atoms with Crippen molar-refractivity contribution >= 4 is 23.6 Å². The second kappa shape index (κ2) is 14.5. The normalized spacial score (nSPS) is 15.3. The first kappa shape index (κ1) is 31.2. The minimum absolute atomic E-state index is 0.105. The Balaban J connectivity index is 1.35. The van der Waals surface area contributed by atoms with Gasteiger partial charge in [-0.2, -0.15) is 0 Å². The van der Waals surface area contributed by atoms with Crippen LogP contribution in [0.25, 0.3) is 0 Å². The predicted molar refractivity (Wildman–Crippen MR) is 171 cm³/mol. The molecular formula is C35H46FN5O. The highest BCUT2D eigenvalue weighted by atomic mass is 19.1. The first-order valence-corrected chi connectivity index (χ1v) is 15.1. The number of nitrogens with one attached hydrogen (secondary N) is 4. The molecule has 1 aliphatic rings. The monoisotopic (exact) mass is 571 g/mol. The van der Waals surface area contributed by atoms with E-state index in [0.717, 1.165) is 61.4 Å². The predicted octanol–water partition coefficient (Wildman–Crippen LogP) is 7.69. The molecule has 0 bridgehead atoms. The average molecular weight is 572 g/mol. The maximum Gasteiger partial charge on any atom is 0.315 e. The molecule has 1 saturated heterocycles. The fraction of sp³-hybridized carbons (Fsp3) is 0.429. The van der Waals surface area contributed by atoms with Gasteiger partial charge in [-0.3, -0.25) is 4.90 Å². The van der Waals surface area contributed by atoms with Gasteiger partial charge in [0.25, 0.3) is 0 Å². The zero-order chi connectivity index (χ0) is 30.1. The summed E-state index contributed by atoms with van der Waals surface area (Å²) in [6.45, 7) is 12.3. The van der Waals surface area contributed by atoms with E-state index in [9.17, 15) is 9.18 Å². The van der Waals surface area contributed by atoms with E-state index >= 15 is 0 Å². The third kappa shape index (κ3) is 8.89. The molecule has 1 heterocycles. The number of piperidine rings is 1. The molecule has 4 N–H and O–H groups in total. The van der Waals surface area contributed by atoms with Gasteiger partial charge < -0.3 is 21.4 Å². The van der Waals surface area contributed by atoms with Crippen LogP contribution in [0.3, 0.4) is 0 Å². The fourth-order valence-electron chi connectivity index (χ4n) is 5.84. The highest BCUT2D eigenvalue weighted by Crippen LogP contribution is 2.41. The lowest BCUT2D eigenvalue weighted by Crippen LogP contribution is -2.49. The van der Waals surface area contributed by atoms with E-state index < -0.39 is 0 Å². The molecule has 0 aromatic heterocycles. The Bertz CT molecular complexity index is 1300. The number of nitrogens with zero attached hydrogens (tertiary/aromatic N) is 1. The van der Waals surface area contributed by atoms with Crippen LogP contribution in [-0.4, -0.2) is 42.8 Å². The Labute approximate surface area is 250 Å². The Kier molecular flexibility index (Phi) is 10.7. The molecule has 42 heavy (non-hydrogen) atoms. The Morgan fingerprint density at radius 1 is 1.05 bits per heavy atom. The molecule has 0 saturated carbocycles. The summed E-state index contributed by atoms with van der Waals surface area (Å²) in [6, 6.07) is 23.0. The molecule has 6 nitrogen and oxygen atoms in total. The fourth-order valence-corrected chi connectivity index (χ4v) is 5.84. The largest absolute Gasteiger partial charge is 0.355 e. The van der Waals surface area contributed by atoms with Gasteiger partial charge in [-0.1, -0.05) is 64.1 Å². The number of hydrogen-bond acceptors (Lipinski definition) is 4. The number of anilines is 2. The third-order valence-electron chi connectivity index (χ3n) is 8.28. The van der Waals surface area contributed by atoms with Gasteiger partial charge in [0.2, 0.25) is 0 Å². The number of carbonyl (C=O) groups is 1. The first-order chi connectivity index (χ1) is 20.1. The molecule has 3 aromatic rings. The number of halogens is 1. The zero-order valence-electron chi connectivity index (χ0n) is 25.4. The van der Waals surface area contributed by atoms with Crippen molar-refractivity contribution in [1.29, 1.82) is 5.41 Å². The summed E-state index contributed by atoms with van der Waals surface area (Å²) in [4.78, 5) is 15.4. The van der Waals surface area contributed by atoms with Crippen LogP contribution in [0.2, 0.25) is 0 Å². The summed E-state index contributed by atoms with van der Waals surface area (Å²) in [5.41, 5.74) is 4.59. The molecule has 1 aliphatic heterocycles. The number of urea groups is 1. The number of carbonyl (C=O) groups excluding carboxylic acids is 1. The molecule has 1 unspecified atom stereocenters. The van der Waals surface area contributed by atoms with E-state index in [-0.39, 0.29) is 29.2 Å². The van der Waals surface area contributed by atoms with Gasteiger partial charge in [-0.05, 0) is 84.0 Å². The smallest absolute Gasteiger partial charge is 0.315 e. The highest BCUT2D eigenvalue weighted by Gasteiger charge is 2.32. The van der Waals surface area contributed by atoms with E-state index in [2.05, 4.69) is 84.9 Å². The molecule has 1 fully saturated rings. The quantitative estimate of drug-likeness (QED) is 0.168. The summed E-state index contributed by atoms with van der Waals surface area (Å²) in [7, 11) is 0. The van der Waals surface area contributed by atoms with Crippen molar-refractivity contribution in [3.05, 3.63) is 95.3 Å². The summed E-state index contributed by atoms with van der Waals surface area (Å²) < 4.78 is 13.3. The summed E-state index contributed by atoms with van der Waals surface area (Å²) >= 11 is 0. The van der Waals surface area contributed by atoms with Gasteiger partial charge in [-0.25, -0.2) is 9.18 Å². The maximum atomic E-state index is 13.3. The first-order valence-electron chi connectivity index (χ1n) is 15.1. The molecule has 1 atom stereocenters. The topological polar surface area (TPSA) is 80.2 Å². The van der Waals surface area contributed by atoms with Gasteiger partial charge >= 0.3 is 6.03 Å². The molecule has 0 spiro atoms. The third-order valence-corrected chi connectivity index (χ3v) is 8.28. The van der Waals surface area contributed by atoms with Crippen molar-refractivity contribution in [1.82, 2.24) is 15.5 Å². The van der Waals surface area contributed by atoms with Gasteiger partial charge in [0.1, 0.15) is 5.82 Å². The second-order valence-corrected chi connectivity index (χ2v) is 12.7. The van der Waals surface area contributed by atoms with Crippen LogP contribution in [0.15, 0.2) is 72.8 Å². The molecule has 3 aromatic carbocycles. The number of benzene rings is 3. The van der Waals surface area contributed by atoms with Crippen molar-refractivity contribution in [2.24, 2.45) is 11.3 Å². The van der Waals surface area contributed by atoms with Crippen LogP contribution < -0.4 is 16.0 Å². The van der Waals surface area contributed by atoms with Crippen LogP contribution in [-0.2, 0) is 6.54 Å². The van der Waals surface area contributed by atoms with Gasteiger partial charge in [-0.15, -0.1) is 0 Å². The van der Waals surface area contributed by atoms with Gasteiger partial charge in [0.15, 0.2) is 0 Å². The molecule has 7 heteroatoms. The average Bonchev–Trinajstić information content (AvgIpc) is 2.98. The van der Waals surface area contributed by atoms with Crippen molar-refractivity contribution in [2.75, 3.05) is 25.0 Å². The lowest BCUT2D eigenvalue weighted by molar-refractivity contribution is 0.183. The van der Waals surface area contributed by atoms with Crippen LogP contribution in [0.1, 0.15) is 69.6 Å². The van der Waals surface area contributed by atoms with E-state index in [1.165, 1.54) is 23.9 Å². The summed E-state index contributed by atoms with van der Waals surface area (Å²) in [6.07, 6.45) is 4.21. The number of amides is 2. The zero-order valence-corrected chi connectivity index (χ0v) is 25.4. The lowest BCUT2D eigenvalue weighted by atomic mass is 9.71. The van der Waals surface area contributed by atoms with Crippen LogP contribution >= 0.6 is 0 Å². The molecular weight excluding hydrogens is 525 g/mol. The molecule has 0 aliphatic carbocycles. The van der Waals surface area contributed by atoms with Gasteiger partial charge in [0.05, 0.1) is 0 Å². The van der Waals surface area contributed by atoms with Crippen LogP contribution in [0, 0.1) is 22.6 Å². The summed E-state index contributed by atoms with van der Waals surface area (Å²) in [5.74, 6) is 0.357. The van der Waals surface area contributed by atoms with E-state index in [0.29, 0.717) is 12.5 Å². The Hall–Kier alpha value is -3.71. The van der Waals surface area contributed by atoms with Crippen LogP contribution in [0.5, 0.6) is 0 Å². The number of rotatable bonds is 12. The van der Waals surface area contributed by atoms with Gasteiger partial charge in [0, 0.05) is 55.4 Å². The van der Waals surface area contributed by atoms with E-state index in [4.69, 9.17) is 5.41 Å². The van der Waals surface area contributed by atoms with Crippen LogP contribution in [0.4, 0.5) is 20.6 Å². The molecule has 0 radical (unpaired) electrons. The maximum absolute atomic E-state index is 13.3. The molecule has 2 amide bonds. The molecule has 4 rings (SSSR count). The minimum atomic E-state index is -0.284. The van der Waals surface area contributed by atoms with Crippen molar-refractivity contribution < 1.29 is 9.18 Å². The SMILES string of the molecule is CC(C)CC(c1ccc(Nc2ccc(F)cc2)c(C=N)c1)C(C)(C)CNC(=O)NC1CCN(Cc2ccccc2)CC1. The minimum Gasteiger partial charge on any atom is -0.355 e. The summed E-state index contributed by atoms with van der Waals surface area (Å²) in [5, 5.41) is 17.7.